The molecule has 0 aromatic heterocycles. The number of nitrogens with one attached hydrogen (secondary N) is 1. The first-order chi connectivity index (χ1) is 5.38. The molecule has 2 nitrogen and oxygen atoms in total. The van der Waals surface area contributed by atoms with Gasteiger partial charge in [0.25, 0.3) is 0 Å². The third kappa shape index (κ3) is 2.55. The molecule has 1 aliphatic heterocycles. The van der Waals surface area contributed by atoms with Crippen LogP contribution in [0.15, 0.2) is 11.6 Å². The van der Waals surface area contributed by atoms with Crippen LogP contribution in [0.5, 0.6) is 0 Å². The number of carbonyl (C=O) groups excluding carboxylic acids is 1. The molecular formula is C9H15NOS. The van der Waals surface area contributed by atoms with E-state index in [1.54, 1.807) is 11.8 Å². The van der Waals surface area contributed by atoms with E-state index in [1.807, 2.05) is 0 Å². The second-order valence-corrected chi connectivity index (χ2v) is 5.58. The Balaban J connectivity index is 2.54. The third-order valence-electron chi connectivity index (χ3n) is 1.64. The molecule has 1 heterocycles. The highest BCUT2D eigenvalue weighted by Crippen LogP contribution is 2.34. The van der Waals surface area contributed by atoms with Crippen LogP contribution in [0.3, 0.4) is 0 Å². The van der Waals surface area contributed by atoms with E-state index in [2.05, 4.69) is 32.7 Å². The summed E-state index contributed by atoms with van der Waals surface area (Å²) in [7, 11) is 0. The molecule has 0 radical (unpaired) electrons. The Kier molecular flexibility index (Phi) is 2.52. The van der Waals surface area contributed by atoms with Crippen LogP contribution in [-0.4, -0.2) is 11.2 Å². The van der Waals surface area contributed by atoms with Crippen LogP contribution in [0.25, 0.3) is 0 Å². The lowest BCUT2D eigenvalue weighted by atomic mass is 9.90. The smallest absolute Gasteiger partial charge is 0.238 e. The van der Waals surface area contributed by atoms with Crippen LogP contribution in [0.4, 0.5) is 0 Å². The Labute approximate surface area is 77.8 Å². The molecule has 68 valence electrons. The highest BCUT2D eigenvalue weighted by molar-refractivity contribution is 8.04. The van der Waals surface area contributed by atoms with Crippen molar-refractivity contribution in [2.24, 2.45) is 5.41 Å². The van der Waals surface area contributed by atoms with Gasteiger partial charge in [0.05, 0.1) is 10.3 Å². The Morgan fingerprint density at radius 2 is 2.17 bits per heavy atom. The number of hydrogen-bond donors (Lipinski definition) is 1. The van der Waals surface area contributed by atoms with E-state index in [9.17, 15) is 4.79 Å². The summed E-state index contributed by atoms with van der Waals surface area (Å²) in [6, 6.07) is 0. The van der Waals surface area contributed by atoms with E-state index in [0.717, 1.165) is 11.4 Å². The number of amides is 1. The summed E-state index contributed by atoms with van der Waals surface area (Å²) < 4.78 is 0. The van der Waals surface area contributed by atoms with Gasteiger partial charge in [0.2, 0.25) is 5.91 Å². The van der Waals surface area contributed by atoms with Gasteiger partial charge in [-0.3, -0.25) is 4.79 Å². The summed E-state index contributed by atoms with van der Waals surface area (Å²) in [4.78, 5) is 11.3. The predicted octanol–water partition coefficient (Wildman–Crippen LogP) is 2.13. The molecule has 12 heavy (non-hydrogen) atoms. The molecule has 0 bridgehead atoms. The monoisotopic (exact) mass is 185 g/mol. The maximum absolute atomic E-state index is 11.3. The van der Waals surface area contributed by atoms with Gasteiger partial charge in [0.15, 0.2) is 0 Å². The Morgan fingerprint density at radius 3 is 2.50 bits per heavy atom. The van der Waals surface area contributed by atoms with Gasteiger partial charge in [-0.05, 0) is 11.8 Å². The minimum absolute atomic E-state index is 0.0671. The lowest BCUT2D eigenvalue weighted by molar-refractivity contribution is -0.119. The number of thioether (sulfide) groups is 1. The second-order valence-electron chi connectivity index (χ2n) is 4.28. The fraction of sp³-hybridized carbons (Fsp3) is 0.667. The molecule has 1 saturated heterocycles. The van der Waals surface area contributed by atoms with Gasteiger partial charge in [-0.2, -0.15) is 0 Å². The van der Waals surface area contributed by atoms with Crippen LogP contribution >= 0.6 is 11.8 Å². The molecule has 1 aliphatic rings. The summed E-state index contributed by atoms with van der Waals surface area (Å²) in [6.07, 6.45) is 0.905. The average molecular weight is 185 g/mol. The Bertz CT molecular complexity index is 217. The zero-order valence-corrected chi connectivity index (χ0v) is 8.62. The van der Waals surface area contributed by atoms with E-state index in [1.165, 1.54) is 0 Å². The molecule has 1 fully saturated rings. The summed E-state index contributed by atoms with van der Waals surface area (Å²) >= 11 is 1.55. The van der Waals surface area contributed by atoms with E-state index in [4.69, 9.17) is 0 Å². The lowest BCUT2D eigenvalue weighted by Gasteiger charge is -2.20. The van der Waals surface area contributed by atoms with Crippen molar-refractivity contribution in [2.45, 2.75) is 32.4 Å². The second kappa shape index (κ2) is 3.13. The summed E-state index contributed by atoms with van der Waals surface area (Å²) in [6.45, 7) is 10.1. The highest BCUT2D eigenvalue weighted by atomic mass is 32.2. The molecule has 3 heteroatoms. The van der Waals surface area contributed by atoms with E-state index < -0.39 is 0 Å². The topological polar surface area (TPSA) is 29.1 Å². The van der Waals surface area contributed by atoms with Gasteiger partial charge in [-0.25, -0.2) is 0 Å². The van der Waals surface area contributed by atoms with Crippen molar-refractivity contribution in [1.29, 1.82) is 0 Å². The van der Waals surface area contributed by atoms with Crippen LogP contribution in [0.2, 0.25) is 0 Å². The van der Waals surface area contributed by atoms with Crippen LogP contribution in [0.1, 0.15) is 27.2 Å². The quantitative estimate of drug-likeness (QED) is 0.678. The molecule has 0 spiro atoms. The van der Waals surface area contributed by atoms with Gasteiger partial charge < -0.3 is 5.32 Å². The Morgan fingerprint density at radius 1 is 1.58 bits per heavy atom. The van der Waals surface area contributed by atoms with Crippen molar-refractivity contribution in [1.82, 2.24) is 5.32 Å². The third-order valence-corrected chi connectivity index (χ3v) is 2.69. The predicted molar refractivity (Wildman–Crippen MR) is 52.7 cm³/mol. The van der Waals surface area contributed by atoms with Gasteiger partial charge in [0.1, 0.15) is 0 Å². The molecule has 1 N–H and O–H groups in total. The molecule has 1 unspecified atom stereocenters. The van der Waals surface area contributed by atoms with Crippen molar-refractivity contribution in [3.63, 3.8) is 0 Å². The molecule has 0 aromatic rings. The van der Waals surface area contributed by atoms with Crippen LogP contribution in [0, 0.1) is 5.41 Å². The van der Waals surface area contributed by atoms with Crippen molar-refractivity contribution >= 4 is 17.7 Å². The SMILES string of the molecule is C=C1NC(=O)C(CC(C)(C)C)S1. The van der Waals surface area contributed by atoms with Crippen LogP contribution < -0.4 is 5.32 Å². The maximum Gasteiger partial charge on any atom is 0.238 e. The summed E-state index contributed by atoms with van der Waals surface area (Å²) in [5, 5.41) is 3.57. The molecular weight excluding hydrogens is 170 g/mol. The molecule has 0 aliphatic carbocycles. The fourth-order valence-electron chi connectivity index (χ4n) is 1.16. The normalized spacial score (nSPS) is 24.4. The summed E-state index contributed by atoms with van der Waals surface area (Å²) in [5.41, 5.74) is 0.208. The maximum atomic E-state index is 11.3. The lowest BCUT2D eigenvalue weighted by Crippen LogP contribution is -2.25. The summed E-state index contributed by atoms with van der Waals surface area (Å²) in [5.74, 6) is 0.111. The average Bonchev–Trinajstić information content (AvgIpc) is 2.06. The first kappa shape index (κ1) is 9.65. The van der Waals surface area contributed by atoms with Gasteiger partial charge in [-0.1, -0.05) is 39.1 Å². The minimum Gasteiger partial charge on any atom is -0.320 e. The largest absolute Gasteiger partial charge is 0.320 e. The molecule has 1 atom stereocenters. The first-order valence-corrected chi connectivity index (χ1v) is 4.93. The van der Waals surface area contributed by atoms with E-state index in [0.29, 0.717) is 0 Å². The molecule has 0 aromatic carbocycles. The van der Waals surface area contributed by atoms with E-state index in [-0.39, 0.29) is 16.6 Å². The molecule has 0 saturated carbocycles. The molecule has 1 amide bonds. The van der Waals surface area contributed by atoms with Gasteiger partial charge >= 0.3 is 0 Å². The van der Waals surface area contributed by atoms with Gasteiger partial charge in [-0.15, -0.1) is 0 Å². The zero-order valence-electron chi connectivity index (χ0n) is 7.81. The highest BCUT2D eigenvalue weighted by Gasteiger charge is 2.31. The number of hydrogen-bond acceptors (Lipinski definition) is 2. The van der Waals surface area contributed by atoms with Crippen molar-refractivity contribution < 1.29 is 4.79 Å². The number of carbonyl (C=O) groups is 1. The zero-order chi connectivity index (χ0) is 9.35. The van der Waals surface area contributed by atoms with Crippen LogP contribution in [-0.2, 0) is 4.79 Å². The number of rotatable bonds is 1. The standard InChI is InChI=1S/C9H15NOS/c1-6-10-8(11)7(12-6)5-9(2,3)4/h7H,1,5H2,2-4H3,(H,10,11). The molecule has 1 rings (SSSR count). The minimum atomic E-state index is 0.0671. The van der Waals surface area contributed by atoms with Crippen molar-refractivity contribution in [3.8, 4) is 0 Å². The van der Waals surface area contributed by atoms with Crippen molar-refractivity contribution in [3.05, 3.63) is 11.6 Å². The van der Waals surface area contributed by atoms with Gasteiger partial charge in [0, 0.05) is 0 Å². The first-order valence-electron chi connectivity index (χ1n) is 4.05. The Hall–Kier alpha value is -0.440. The van der Waals surface area contributed by atoms with E-state index >= 15 is 0 Å². The fourth-order valence-corrected chi connectivity index (χ4v) is 2.42. The van der Waals surface area contributed by atoms with Crippen molar-refractivity contribution in [2.75, 3.05) is 0 Å².